The summed E-state index contributed by atoms with van der Waals surface area (Å²) in [5, 5.41) is 0. The van der Waals surface area contributed by atoms with Crippen molar-refractivity contribution in [2.75, 3.05) is 0 Å². The van der Waals surface area contributed by atoms with E-state index in [4.69, 9.17) is 4.74 Å². The summed E-state index contributed by atoms with van der Waals surface area (Å²) in [5.74, 6) is 0. The molecule has 0 aromatic carbocycles. The first-order chi connectivity index (χ1) is 5.62. The van der Waals surface area contributed by atoms with Gasteiger partial charge in [0.2, 0.25) is 0 Å². The predicted molar refractivity (Wildman–Crippen MR) is 50.0 cm³/mol. The van der Waals surface area contributed by atoms with Gasteiger partial charge in [-0.3, -0.25) is 0 Å². The van der Waals surface area contributed by atoms with Gasteiger partial charge in [0.1, 0.15) is 0 Å². The molecule has 0 spiro atoms. The van der Waals surface area contributed by atoms with E-state index in [2.05, 4.69) is 26.5 Å². The van der Waals surface area contributed by atoms with Crippen molar-refractivity contribution in [3.8, 4) is 0 Å². The lowest BCUT2D eigenvalue weighted by atomic mass is 9.80. The number of ether oxygens (including phenoxy) is 1. The van der Waals surface area contributed by atoms with E-state index in [1.165, 1.54) is 24.0 Å². The van der Waals surface area contributed by atoms with Gasteiger partial charge in [0.25, 0.3) is 0 Å². The average Bonchev–Trinajstić information content (AvgIpc) is 2.01. The molecule has 2 bridgehead atoms. The molecule has 1 fully saturated rings. The molecule has 2 unspecified atom stereocenters. The summed E-state index contributed by atoms with van der Waals surface area (Å²) >= 11 is 0. The van der Waals surface area contributed by atoms with Crippen LogP contribution in [-0.4, -0.2) is 11.7 Å². The number of hydrogen-bond acceptors (Lipinski definition) is 1. The monoisotopic (exact) mass is 164 g/mol. The van der Waals surface area contributed by atoms with Crippen LogP contribution in [0.5, 0.6) is 0 Å². The molecule has 0 radical (unpaired) electrons. The zero-order valence-corrected chi connectivity index (χ0v) is 7.89. The van der Waals surface area contributed by atoms with Gasteiger partial charge in [0, 0.05) is 0 Å². The second kappa shape index (κ2) is 2.46. The van der Waals surface area contributed by atoms with Crippen LogP contribution in [0.3, 0.4) is 0 Å². The highest BCUT2D eigenvalue weighted by atomic mass is 16.5. The third kappa shape index (κ3) is 1.04. The number of hydrogen-bond donors (Lipinski definition) is 0. The summed E-state index contributed by atoms with van der Waals surface area (Å²) in [6, 6.07) is 0. The maximum absolute atomic E-state index is 5.92. The van der Waals surface area contributed by atoms with Gasteiger partial charge in [-0.1, -0.05) is 12.7 Å². The standard InChI is InChI=1S/C11H16O/c1-8-7-10-5-4-6-11(3,12-10)9(8)2/h7,10H,2,4-6H2,1,3H3. The highest BCUT2D eigenvalue weighted by molar-refractivity contribution is 5.38. The molecule has 1 heteroatoms. The van der Waals surface area contributed by atoms with Crippen molar-refractivity contribution < 1.29 is 4.74 Å². The Balaban J connectivity index is 2.38. The van der Waals surface area contributed by atoms with Crippen molar-refractivity contribution in [2.45, 2.75) is 44.8 Å². The Hall–Kier alpha value is -0.560. The third-order valence-electron chi connectivity index (χ3n) is 3.10. The summed E-state index contributed by atoms with van der Waals surface area (Å²) in [5.41, 5.74) is 2.45. The SMILES string of the molecule is C=C1C(C)=CC2CCCC1(C)O2. The maximum Gasteiger partial charge on any atom is 0.0908 e. The molecule has 0 aliphatic carbocycles. The fourth-order valence-electron chi connectivity index (χ4n) is 2.23. The Bertz CT molecular complexity index is 252. The van der Waals surface area contributed by atoms with Crippen molar-refractivity contribution in [3.05, 3.63) is 23.8 Å². The molecule has 0 aromatic rings. The summed E-state index contributed by atoms with van der Waals surface area (Å²) < 4.78 is 5.92. The van der Waals surface area contributed by atoms with Gasteiger partial charge >= 0.3 is 0 Å². The minimum absolute atomic E-state index is 0.0538. The lowest BCUT2D eigenvalue weighted by Crippen LogP contribution is -2.42. The van der Waals surface area contributed by atoms with Crippen molar-refractivity contribution in [1.82, 2.24) is 0 Å². The Morgan fingerprint density at radius 2 is 2.42 bits per heavy atom. The summed E-state index contributed by atoms with van der Waals surface area (Å²) in [6.07, 6.45) is 6.15. The van der Waals surface area contributed by atoms with Crippen molar-refractivity contribution in [1.29, 1.82) is 0 Å². The predicted octanol–water partition coefficient (Wildman–Crippen LogP) is 2.83. The van der Waals surface area contributed by atoms with Crippen LogP contribution < -0.4 is 0 Å². The first-order valence-corrected chi connectivity index (χ1v) is 4.68. The molecule has 2 aliphatic heterocycles. The van der Waals surface area contributed by atoms with Crippen molar-refractivity contribution in [2.24, 2.45) is 0 Å². The van der Waals surface area contributed by atoms with Gasteiger partial charge in [-0.2, -0.15) is 0 Å². The van der Waals surface area contributed by atoms with Gasteiger partial charge in [-0.05, 0) is 44.3 Å². The maximum atomic E-state index is 5.92. The second-order valence-corrected chi connectivity index (χ2v) is 4.11. The molecule has 0 N–H and O–H groups in total. The lowest BCUT2D eigenvalue weighted by Gasteiger charge is -2.43. The largest absolute Gasteiger partial charge is 0.363 e. The molecule has 66 valence electrons. The molecule has 0 saturated carbocycles. The van der Waals surface area contributed by atoms with Gasteiger partial charge in [-0.15, -0.1) is 0 Å². The van der Waals surface area contributed by atoms with Gasteiger partial charge in [-0.25, -0.2) is 0 Å². The summed E-state index contributed by atoms with van der Waals surface area (Å²) in [4.78, 5) is 0. The van der Waals surface area contributed by atoms with E-state index in [0.717, 1.165) is 6.42 Å². The van der Waals surface area contributed by atoms with Crippen LogP contribution in [0.4, 0.5) is 0 Å². The van der Waals surface area contributed by atoms with Gasteiger partial charge < -0.3 is 4.74 Å². The summed E-state index contributed by atoms with van der Waals surface area (Å²) in [6.45, 7) is 8.40. The highest BCUT2D eigenvalue weighted by Gasteiger charge is 2.38. The van der Waals surface area contributed by atoms with Crippen LogP contribution in [0.15, 0.2) is 23.8 Å². The van der Waals surface area contributed by atoms with Crippen LogP contribution in [0.1, 0.15) is 33.1 Å². The molecule has 0 aromatic heterocycles. The topological polar surface area (TPSA) is 9.23 Å². The lowest BCUT2D eigenvalue weighted by molar-refractivity contribution is -0.0790. The number of fused-ring (bicyclic) bond motifs is 2. The Labute approximate surface area is 74.1 Å². The normalized spacial score (nSPS) is 41.0. The fourth-order valence-corrected chi connectivity index (χ4v) is 2.23. The van der Waals surface area contributed by atoms with E-state index < -0.39 is 0 Å². The first-order valence-electron chi connectivity index (χ1n) is 4.68. The fraction of sp³-hybridized carbons (Fsp3) is 0.636. The molecule has 0 amide bonds. The average molecular weight is 164 g/mol. The third-order valence-corrected chi connectivity index (χ3v) is 3.10. The van der Waals surface area contributed by atoms with Crippen LogP contribution in [0.2, 0.25) is 0 Å². The molecule has 2 atom stereocenters. The van der Waals surface area contributed by atoms with E-state index in [1.807, 2.05) is 0 Å². The van der Waals surface area contributed by atoms with Crippen LogP contribution >= 0.6 is 0 Å². The van der Waals surface area contributed by atoms with E-state index in [9.17, 15) is 0 Å². The van der Waals surface area contributed by atoms with E-state index in [-0.39, 0.29) is 5.60 Å². The number of rotatable bonds is 0. The van der Waals surface area contributed by atoms with Gasteiger partial charge in [0.15, 0.2) is 0 Å². The first kappa shape index (κ1) is 8.06. The molecule has 1 saturated heterocycles. The molecule has 12 heavy (non-hydrogen) atoms. The van der Waals surface area contributed by atoms with Crippen LogP contribution in [0.25, 0.3) is 0 Å². The van der Waals surface area contributed by atoms with E-state index in [0.29, 0.717) is 6.10 Å². The van der Waals surface area contributed by atoms with Crippen molar-refractivity contribution in [3.63, 3.8) is 0 Å². The molecule has 2 aliphatic rings. The summed E-state index contributed by atoms with van der Waals surface area (Å²) in [7, 11) is 0. The smallest absolute Gasteiger partial charge is 0.0908 e. The second-order valence-electron chi connectivity index (χ2n) is 4.11. The van der Waals surface area contributed by atoms with E-state index in [1.54, 1.807) is 0 Å². The molecular weight excluding hydrogens is 148 g/mol. The Kier molecular flexibility index (Phi) is 1.65. The zero-order valence-electron chi connectivity index (χ0n) is 7.89. The quantitative estimate of drug-likeness (QED) is 0.535. The van der Waals surface area contributed by atoms with E-state index >= 15 is 0 Å². The molecular formula is C11H16O. The molecule has 2 heterocycles. The van der Waals surface area contributed by atoms with Crippen LogP contribution in [0, 0.1) is 0 Å². The minimum Gasteiger partial charge on any atom is -0.363 e. The Morgan fingerprint density at radius 3 is 3.17 bits per heavy atom. The minimum atomic E-state index is -0.0538. The highest BCUT2D eigenvalue weighted by Crippen LogP contribution is 2.41. The zero-order chi connectivity index (χ0) is 8.77. The molecule has 2 rings (SSSR count). The molecule has 1 nitrogen and oxygen atoms in total. The Morgan fingerprint density at radius 1 is 1.67 bits per heavy atom. The van der Waals surface area contributed by atoms with Crippen molar-refractivity contribution >= 4 is 0 Å². The van der Waals surface area contributed by atoms with Gasteiger partial charge in [0.05, 0.1) is 11.7 Å². The van der Waals surface area contributed by atoms with Crippen LogP contribution in [-0.2, 0) is 4.74 Å².